The van der Waals surface area contributed by atoms with E-state index in [-0.39, 0.29) is 22.9 Å². The first-order valence-corrected chi connectivity index (χ1v) is 11.6. The summed E-state index contributed by atoms with van der Waals surface area (Å²) >= 11 is 5.89. The van der Waals surface area contributed by atoms with Crippen LogP contribution in [-0.2, 0) is 14.8 Å². The molecule has 2 aromatic rings. The van der Waals surface area contributed by atoms with E-state index in [1.165, 1.54) is 16.7 Å². The zero-order valence-corrected chi connectivity index (χ0v) is 18.8. The van der Waals surface area contributed by atoms with Gasteiger partial charge in [-0.25, -0.2) is 8.42 Å². The molecule has 0 aliphatic carbocycles. The maximum atomic E-state index is 12.9. The minimum absolute atomic E-state index is 0.138. The van der Waals surface area contributed by atoms with Crippen LogP contribution in [0.4, 0.5) is 0 Å². The van der Waals surface area contributed by atoms with Crippen molar-refractivity contribution in [2.45, 2.75) is 56.2 Å². The number of nitrogens with one attached hydrogen (secondary N) is 1. The van der Waals surface area contributed by atoms with Crippen LogP contribution >= 0.6 is 11.6 Å². The van der Waals surface area contributed by atoms with Crippen molar-refractivity contribution in [3.63, 3.8) is 0 Å². The molecule has 1 unspecified atom stereocenters. The molecular weight excluding hydrogens is 426 g/mol. The number of rotatable bonds is 6. The molecule has 1 fully saturated rings. The van der Waals surface area contributed by atoms with Crippen molar-refractivity contribution in [3.8, 4) is 5.75 Å². The fourth-order valence-corrected chi connectivity index (χ4v) is 5.22. The fraction of sp³-hybridized carbons (Fsp3) is 0.429. The maximum absolute atomic E-state index is 12.9. The highest BCUT2D eigenvalue weighted by Crippen LogP contribution is 2.26. The van der Waals surface area contributed by atoms with Gasteiger partial charge in [0, 0.05) is 36.0 Å². The Labute approximate surface area is 182 Å². The molecule has 1 aromatic carbocycles. The number of carbonyl (C=O) groups excluding carboxylic acids is 1. The van der Waals surface area contributed by atoms with E-state index in [2.05, 4.69) is 10.3 Å². The molecule has 9 heteroatoms. The summed E-state index contributed by atoms with van der Waals surface area (Å²) in [4.78, 5) is 16.9. The number of amides is 1. The molecule has 162 valence electrons. The second kappa shape index (κ2) is 8.91. The van der Waals surface area contributed by atoms with Crippen molar-refractivity contribution < 1.29 is 17.9 Å². The van der Waals surface area contributed by atoms with Crippen molar-refractivity contribution in [2.75, 3.05) is 6.54 Å². The zero-order chi connectivity index (χ0) is 21.9. The van der Waals surface area contributed by atoms with E-state index in [9.17, 15) is 13.2 Å². The van der Waals surface area contributed by atoms with Crippen LogP contribution in [0.3, 0.4) is 0 Å². The van der Waals surface area contributed by atoms with Gasteiger partial charge in [0.15, 0.2) is 5.60 Å². The number of halogens is 1. The first-order valence-electron chi connectivity index (χ1n) is 9.77. The summed E-state index contributed by atoms with van der Waals surface area (Å²) in [7, 11) is -3.61. The predicted octanol–water partition coefficient (Wildman–Crippen LogP) is 3.25. The third-order valence-electron chi connectivity index (χ3n) is 5.12. The van der Waals surface area contributed by atoms with Crippen molar-refractivity contribution >= 4 is 27.5 Å². The molecule has 1 amide bonds. The number of benzene rings is 1. The van der Waals surface area contributed by atoms with Gasteiger partial charge in [-0.3, -0.25) is 9.78 Å². The number of pyridine rings is 1. The first kappa shape index (κ1) is 22.5. The van der Waals surface area contributed by atoms with Crippen LogP contribution in [0.1, 0.15) is 33.6 Å². The molecule has 2 heterocycles. The van der Waals surface area contributed by atoms with E-state index in [1.807, 2.05) is 6.92 Å². The first-order chi connectivity index (χ1) is 14.1. The van der Waals surface area contributed by atoms with Gasteiger partial charge in [-0.05, 0) is 70.0 Å². The average molecular weight is 452 g/mol. The Hall–Kier alpha value is -2.16. The Bertz CT molecular complexity index is 981. The fourth-order valence-electron chi connectivity index (χ4n) is 3.48. The summed E-state index contributed by atoms with van der Waals surface area (Å²) in [5.74, 6) is 0.295. The number of carbonyl (C=O) groups is 1. The van der Waals surface area contributed by atoms with Crippen LogP contribution in [-0.4, -0.2) is 47.8 Å². The zero-order valence-electron chi connectivity index (χ0n) is 17.2. The summed E-state index contributed by atoms with van der Waals surface area (Å²) in [5, 5.41) is 3.60. The molecule has 0 radical (unpaired) electrons. The van der Waals surface area contributed by atoms with Crippen molar-refractivity contribution in [2.24, 2.45) is 0 Å². The van der Waals surface area contributed by atoms with Gasteiger partial charge in [0.25, 0.3) is 5.91 Å². The lowest BCUT2D eigenvalue weighted by Gasteiger charge is -2.38. The number of hydrogen-bond donors (Lipinski definition) is 1. The number of piperidine rings is 1. The molecule has 0 spiro atoms. The van der Waals surface area contributed by atoms with Crippen molar-refractivity contribution in [3.05, 3.63) is 53.8 Å². The molecule has 1 saturated heterocycles. The van der Waals surface area contributed by atoms with Crippen molar-refractivity contribution in [1.82, 2.24) is 14.6 Å². The van der Waals surface area contributed by atoms with Crippen LogP contribution < -0.4 is 10.1 Å². The highest BCUT2D eigenvalue weighted by Gasteiger charge is 2.37. The second-order valence-corrected chi connectivity index (χ2v) is 10.2. The van der Waals surface area contributed by atoms with E-state index in [0.29, 0.717) is 30.2 Å². The van der Waals surface area contributed by atoms with Gasteiger partial charge in [0.1, 0.15) is 10.6 Å². The highest BCUT2D eigenvalue weighted by molar-refractivity contribution is 7.89. The van der Waals surface area contributed by atoms with Crippen LogP contribution in [0.15, 0.2) is 53.7 Å². The molecule has 1 N–H and O–H groups in total. The Morgan fingerprint density at radius 1 is 1.27 bits per heavy atom. The van der Waals surface area contributed by atoms with Crippen molar-refractivity contribution in [1.29, 1.82) is 0 Å². The molecule has 2 atom stereocenters. The number of hydrogen-bond acceptors (Lipinski definition) is 5. The van der Waals surface area contributed by atoms with E-state index < -0.39 is 15.6 Å². The Morgan fingerprint density at radius 2 is 1.97 bits per heavy atom. The van der Waals surface area contributed by atoms with Crippen LogP contribution in [0.5, 0.6) is 5.75 Å². The standard InChI is InChI=1S/C21H26ClN3O4S/c1-15-13-17(10-12-25(15)30(27,28)19-5-4-11-23-14-19)24-20(26)21(2,3)29-18-8-6-16(22)7-9-18/h4-9,11,14-15,17H,10,12-13H2,1-3H3,(H,24,26)/t15-,17?/m1/s1. The third kappa shape index (κ3) is 5.11. The summed E-state index contributed by atoms with van der Waals surface area (Å²) in [5.41, 5.74) is -1.09. The second-order valence-electron chi connectivity index (χ2n) is 7.91. The van der Waals surface area contributed by atoms with Gasteiger partial charge < -0.3 is 10.1 Å². The average Bonchev–Trinajstić information content (AvgIpc) is 2.70. The summed E-state index contributed by atoms with van der Waals surface area (Å²) in [6, 6.07) is 9.57. The van der Waals surface area contributed by atoms with E-state index in [4.69, 9.17) is 16.3 Å². The number of aromatic nitrogens is 1. The Morgan fingerprint density at radius 3 is 2.57 bits per heavy atom. The minimum Gasteiger partial charge on any atom is -0.478 e. The Balaban J connectivity index is 1.61. The van der Waals surface area contributed by atoms with E-state index in [0.717, 1.165) is 0 Å². The lowest BCUT2D eigenvalue weighted by atomic mass is 9.99. The number of nitrogens with zero attached hydrogens (tertiary/aromatic N) is 2. The van der Waals surface area contributed by atoms with Gasteiger partial charge >= 0.3 is 0 Å². The molecule has 1 aromatic heterocycles. The lowest BCUT2D eigenvalue weighted by Crippen LogP contribution is -2.55. The monoisotopic (exact) mass is 451 g/mol. The molecule has 1 aliphatic heterocycles. The topological polar surface area (TPSA) is 88.6 Å². The van der Waals surface area contributed by atoms with Crippen LogP contribution in [0.25, 0.3) is 0 Å². The SMILES string of the molecule is C[C@@H]1CC(NC(=O)C(C)(C)Oc2ccc(Cl)cc2)CCN1S(=O)(=O)c1cccnc1. The summed E-state index contributed by atoms with van der Waals surface area (Å²) in [6.45, 7) is 5.56. The largest absolute Gasteiger partial charge is 0.478 e. The highest BCUT2D eigenvalue weighted by atomic mass is 35.5. The molecular formula is C21H26ClN3O4S. The summed E-state index contributed by atoms with van der Waals surface area (Å²) < 4.78 is 33.1. The predicted molar refractivity (Wildman–Crippen MR) is 115 cm³/mol. The minimum atomic E-state index is -3.61. The maximum Gasteiger partial charge on any atom is 0.263 e. The molecule has 3 rings (SSSR count). The van der Waals surface area contributed by atoms with Crippen LogP contribution in [0.2, 0.25) is 5.02 Å². The molecule has 0 bridgehead atoms. The normalized spacial score (nSPS) is 20.5. The van der Waals surface area contributed by atoms with Gasteiger partial charge in [0.2, 0.25) is 10.0 Å². The number of sulfonamides is 1. The third-order valence-corrected chi connectivity index (χ3v) is 7.37. The van der Waals surface area contributed by atoms with E-state index in [1.54, 1.807) is 50.2 Å². The molecule has 7 nitrogen and oxygen atoms in total. The molecule has 30 heavy (non-hydrogen) atoms. The van der Waals surface area contributed by atoms with Gasteiger partial charge in [-0.1, -0.05) is 11.6 Å². The summed E-state index contributed by atoms with van der Waals surface area (Å²) in [6.07, 6.45) is 3.93. The van der Waals surface area contributed by atoms with Gasteiger partial charge in [-0.15, -0.1) is 0 Å². The number of ether oxygens (including phenoxy) is 1. The lowest BCUT2D eigenvalue weighted by molar-refractivity contribution is -0.135. The van der Waals surface area contributed by atoms with Crippen LogP contribution in [0, 0.1) is 0 Å². The van der Waals surface area contributed by atoms with Gasteiger partial charge in [0.05, 0.1) is 0 Å². The molecule has 0 saturated carbocycles. The van der Waals surface area contributed by atoms with E-state index >= 15 is 0 Å². The Kier molecular flexibility index (Phi) is 6.69. The van der Waals surface area contributed by atoms with Gasteiger partial charge in [-0.2, -0.15) is 4.31 Å². The quantitative estimate of drug-likeness (QED) is 0.728. The molecule has 1 aliphatic rings. The smallest absolute Gasteiger partial charge is 0.263 e.